The normalized spacial score (nSPS) is 10.5. The molecule has 0 heterocycles. The van der Waals surface area contributed by atoms with Crippen molar-refractivity contribution in [2.75, 3.05) is 6.61 Å². The van der Waals surface area contributed by atoms with Gasteiger partial charge >= 0.3 is 0 Å². The highest BCUT2D eigenvalue weighted by atomic mass is 16.5. The van der Waals surface area contributed by atoms with Crippen molar-refractivity contribution < 1.29 is 14.3 Å². The summed E-state index contributed by atoms with van der Waals surface area (Å²) in [5, 5.41) is 3.97. The highest BCUT2D eigenvalue weighted by Gasteiger charge is 2.05. The van der Waals surface area contributed by atoms with Crippen LogP contribution in [-0.4, -0.2) is 24.8 Å². The quantitative estimate of drug-likeness (QED) is 0.480. The van der Waals surface area contributed by atoms with Crippen LogP contribution in [0.1, 0.15) is 29.8 Å². The molecule has 0 aromatic heterocycles. The Morgan fingerprint density at radius 2 is 1.96 bits per heavy atom. The number of hydrogen-bond acceptors (Lipinski definition) is 4. The molecule has 0 atom stereocenters. The van der Waals surface area contributed by atoms with E-state index in [0.29, 0.717) is 11.3 Å². The molecular weight excluding hydrogens is 316 g/mol. The van der Waals surface area contributed by atoms with E-state index in [9.17, 15) is 4.79 Å². The molecule has 0 aliphatic rings. The highest BCUT2D eigenvalue weighted by molar-refractivity contribution is 5.95. The number of hydrogen-bond donors (Lipinski definition) is 1. The molecule has 1 amide bonds. The van der Waals surface area contributed by atoms with Crippen LogP contribution >= 0.6 is 0 Å². The second-order valence-electron chi connectivity index (χ2n) is 5.42. The third kappa shape index (κ3) is 5.70. The van der Waals surface area contributed by atoms with Crippen molar-refractivity contribution in [3.05, 3.63) is 59.7 Å². The van der Waals surface area contributed by atoms with Gasteiger partial charge in [-0.25, -0.2) is 5.43 Å². The first-order valence-electron chi connectivity index (χ1n) is 7.85. The van der Waals surface area contributed by atoms with Gasteiger partial charge in [0.1, 0.15) is 18.1 Å². The Labute approximate surface area is 147 Å². The summed E-state index contributed by atoms with van der Waals surface area (Å²) in [4.78, 5) is 12.1. The van der Waals surface area contributed by atoms with Crippen LogP contribution in [0, 0.1) is 12.3 Å². The second-order valence-corrected chi connectivity index (χ2v) is 5.42. The van der Waals surface area contributed by atoms with Crippen molar-refractivity contribution >= 4 is 12.1 Å². The van der Waals surface area contributed by atoms with Gasteiger partial charge in [0.05, 0.1) is 12.3 Å². The minimum absolute atomic E-state index is 0.0843. The van der Waals surface area contributed by atoms with E-state index in [1.165, 1.54) is 6.21 Å². The predicted octanol–water partition coefficient (Wildman–Crippen LogP) is 3.25. The highest BCUT2D eigenvalue weighted by Crippen LogP contribution is 2.16. The van der Waals surface area contributed by atoms with Crippen molar-refractivity contribution in [2.24, 2.45) is 5.10 Å². The van der Waals surface area contributed by atoms with E-state index >= 15 is 0 Å². The fraction of sp³-hybridized carbons (Fsp3) is 0.200. The lowest BCUT2D eigenvalue weighted by Crippen LogP contribution is -2.17. The summed E-state index contributed by atoms with van der Waals surface area (Å²) in [6, 6.07) is 14.2. The maximum atomic E-state index is 12.1. The third-order valence-corrected chi connectivity index (χ3v) is 3.09. The van der Waals surface area contributed by atoms with Crippen molar-refractivity contribution in [3.8, 4) is 23.8 Å². The first kappa shape index (κ1) is 18.1. The summed E-state index contributed by atoms with van der Waals surface area (Å²) in [7, 11) is 0. The number of benzene rings is 2. The fourth-order valence-corrected chi connectivity index (χ4v) is 2.02. The summed E-state index contributed by atoms with van der Waals surface area (Å²) in [6.45, 7) is 4.06. The van der Waals surface area contributed by atoms with Crippen LogP contribution in [0.25, 0.3) is 0 Å². The number of rotatable bonds is 7. The molecule has 0 aliphatic carbocycles. The molecule has 0 aliphatic heterocycles. The van der Waals surface area contributed by atoms with Crippen LogP contribution in [0.15, 0.2) is 53.6 Å². The maximum Gasteiger partial charge on any atom is 0.271 e. The molecule has 0 fully saturated rings. The van der Waals surface area contributed by atoms with Crippen LogP contribution < -0.4 is 14.9 Å². The van der Waals surface area contributed by atoms with Gasteiger partial charge in [0.2, 0.25) is 0 Å². The molecule has 0 spiro atoms. The van der Waals surface area contributed by atoms with Gasteiger partial charge in [-0.2, -0.15) is 5.10 Å². The lowest BCUT2D eigenvalue weighted by Gasteiger charge is -2.09. The van der Waals surface area contributed by atoms with Crippen molar-refractivity contribution in [1.82, 2.24) is 5.43 Å². The van der Waals surface area contributed by atoms with Gasteiger partial charge in [-0.3, -0.25) is 4.79 Å². The van der Waals surface area contributed by atoms with E-state index < -0.39 is 0 Å². The zero-order valence-electron chi connectivity index (χ0n) is 14.2. The lowest BCUT2D eigenvalue weighted by molar-refractivity contribution is 0.0955. The molecule has 0 bridgehead atoms. The van der Waals surface area contributed by atoms with E-state index in [-0.39, 0.29) is 18.6 Å². The Kier molecular flexibility index (Phi) is 6.61. The summed E-state index contributed by atoms with van der Waals surface area (Å²) in [5.41, 5.74) is 3.70. The fourth-order valence-electron chi connectivity index (χ4n) is 2.02. The van der Waals surface area contributed by atoms with E-state index in [2.05, 4.69) is 16.4 Å². The molecule has 5 heteroatoms. The molecule has 0 radical (unpaired) electrons. The Morgan fingerprint density at radius 1 is 1.24 bits per heavy atom. The third-order valence-electron chi connectivity index (χ3n) is 3.09. The van der Waals surface area contributed by atoms with Gasteiger partial charge in [-0.15, -0.1) is 6.42 Å². The van der Waals surface area contributed by atoms with Crippen LogP contribution in [0.3, 0.4) is 0 Å². The molecule has 128 valence electrons. The zero-order valence-corrected chi connectivity index (χ0v) is 14.2. The number of para-hydroxylation sites is 1. The number of ether oxygens (including phenoxy) is 2. The van der Waals surface area contributed by atoms with Crippen molar-refractivity contribution in [1.29, 1.82) is 0 Å². The smallest absolute Gasteiger partial charge is 0.271 e. The summed E-state index contributed by atoms with van der Waals surface area (Å²) < 4.78 is 11.0. The largest absolute Gasteiger partial charge is 0.491 e. The Balaban J connectivity index is 1.98. The summed E-state index contributed by atoms with van der Waals surface area (Å²) in [5.74, 6) is 3.42. The van der Waals surface area contributed by atoms with E-state index in [4.69, 9.17) is 15.9 Å². The number of nitrogens with zero attached hydrogens (tertiary/aromatic N) is 1. The Hall–Kier alpha value is -3.26. The molecule has 5 nitrogen and oxygen atoms in total. The SMILES string of the molecule is C#CCOc1ccccc1/C=N\NC(=O)c1ccc(OC(C)C)cc1. The molecule has 2 aromatic rings. The molecule has 0 saturated carbocycles. The monoisotopic (exact) mass is 336 g/mol. The molecule has 25 heavy (non-hydrogen) atoms. The van der Waals surface area contributed by atoms with Gasteiger partial charge < -0.3 is 9.47 Å². The first-order valence-corrected chi connectivity index (χ1v) is 7.85. The zero-order chi connectivity index (χ0) is 18.1. The number of hydrazone groups is 1. The average molecular weight is 336 g/mol. The minimum Gasteiger partial charge on any atom is -0.491 e. The van der Waals surface area contributed by atoms with Gasteiger partial charge in [0, 0.05) is 11.1 Å². The standard InChI is InChI=1S/C20H20N2O3/c1-4-13-24-19-8-6-5-7-17(19)14-21-22-20(23)16-9-11-18(12-10-16)25-15(2)3/h1,5-12,14-15H,13H2,2-3H3,(H,22,23)/b21-14-. The van der Waals surface area contributed by atoms with Gasteiger partial charge in [-0.05, 0) is 50.2 Å². The van der Waals surface area contributed by atoms with E-state index in [1.54, 1.807) is 30.3 Å². The number of amides is 1. The molecule has 1 N–H and O–H groups in total. The van der Waals surface area contributed by atoms with E-state index in [1.807, 2.05) is 32.0 Å². The second kappa shape index (κ2) is 9.14. The number of nitrogens with one attached hydrogen (secondary N) is 1. The number of carbonyl (C=O) groups excluding carboxylic acids is 1. The first-order chi connectivity index (χ1) is 12.1. The van der Waals surface area contributed by atoms with Crippen LogP contribution in [0.4, 0.5) is 0 Å². The summed E-state index contributed by atoms with van der Waals surface area (Å²) in [6.07, 6.45) is 6.79. The van der Waals surface area contributed by atoms with Crippen LogP contribution in [-0.2, 0) is 0 Å². The number of carbonyl (C=O) groups is 1. The Bertz CT molecular complexity index is 774. The van der Waals surface area contributed by atoms with Crippen LogP contribution in [0.2, 0.25) is 0 Å². The van der Waals surface area contributed by atoms with Gasteiger partial charge in [-0.1, -0.05) is 18.1 Å². The minimum atomic E-state index is -0.311. The molecule has 0 saturated heterocycles. The lowest BCUT2D eigenvalue weighted by atomic mass is 10.2. The molecule has 2 rings (SSSR count). The average Bonchev–Trinajstić information content (AvgIpc) is 2.61. The molecule has 2 aromatic carbocycles. The summed E-state index contributed by atoms with van der Waals surface area (Å²) >= 11 is 0. The topological polar surface area (TPSA) is 59.9 Å². The van der Waals surface area contributed by atoms with Crippen LogP contribution in [0.5, 0.6) is 11.5 Å². The van der Waals surface area contributed by atoms with Crippen molar-refractivity contribution in [3.63, 3.8) is 0 Å². The van der Waals surface area contributed by atoms with Crippen molar-refractivity contribution in [2.45, 2.75) is 20.0 Å². The van der Waals surface area contributed by atoms with Gasteiger partial charge in [0.25, 0.3) is 5.91 Å². The Morgan fingerprint density at radius 3 is 2.64 bits per heavy atom. The van der Waals surface area contributed by atoms with Gasteiger partial charge in [0.15, 0.2) is 0 Å². The molecule has 0 unspecified atom stereocenters. The maximum absolute atomic E-state index is 12.1. The molecular formula is C20H20N2O3. The predicted molar refractivity (Wildman–Crippen MR) is 98.0 cm³/mol. The van der Waals surface area contributed by atoms with E-state index in [0.717, 1.165) is 11.3 Å². The number of terminal acetylenes is 1.